The third-order valence-electron chi connectivity index (χ3n) is 1.69. The average Bonchev–Trinajstić information content (AvgIpc) is 2.47. The third-order valence-corrected chi connectivity index (χ3v) is 3.75. The van der Waals surface area contributed by atoms with Crippen molar-refractivity contribution in [1.29, 1.82) is 0 Å². The van der Waals surface area contributed by atoms with Gasteiger partial charge in [-0.15, -0.1) is 0 Å². The van der Waals surface area contributed by atoms with Crippen LogP contribution in [0.2, 0.25) is 0 Å². The highest BCUT2D eigenvalue weighted by Gasteiger charge is 2.24. The summed E-state index contributed by atoms with van der Waals surface area (Å²) in [7, 11) is 0. The van der Waals surface area contributed by atoms with Gasteiger partial charge in [-0.2, -0.15) is 0 Å². The maximum atomic E-state index is 10.9. The summed E-state index contributed by atoms with van der Waals surface area (Å²) in [4.78, 5) is 12.0. The van der Waals surface area contributed by atoms with Crippen molar-refractivity contribution in [2.75, 3.05) is 0 Å². The molecule has 0 spiro atoms. The number of hydrogen-bond donors (Lipinski definition) is 0. The fourth-order valence-corrected chi connectivity index (χ4v) is 2.53. The fourth-order valence-electron chi connectivity index (χ4n) is 1.08. The second kappa shape index (κ2) is 4.19. The van der Waals surface area contributed by atoms with E-state index < -0.39 is 0 Å². The van der Waals surface area contributed by atoms with Crippen molar-refractivity contribution in [2.45, 2.75) is 10.3 Å². The zero-order valence-electron chi connectivity index (χ0n) is 7.14. The van der Waals surface area contributed by atoms with E-state index >= 15 is 0 Å². The molecule has 1 aliphatic rings. The van der Waals surface area contributed by atoms with E-state index in [4.69, 9.17) is 4.74 Å². The first-order chi connectivity index (χ1) is 6.75. The lowest BCUT2D eigenvalue weighted by Crippen LogP contribution is -2.04. The number of thioether (sulfide) groups is 1. The predicted octanol–water partition coefficient (Wildman–Crippen LogP) is 2.94. The van der Waals surface area contributed by atoms with Gasteiger partial charge in [0.2, 0.25) is 0 Å². The van der Waals surface area contributed by atoms with Crippen molar-refractivity contribution in [3.05, 3.63) is 40.9 Å². The molecular weight excluding hydrogens is 264 g/mol. The summed E-state index contributed by atoms with van der Waals surface area (Å²) in [5, 5.41) is 0. The van der Waals surface area contributed by atoms with Gasteiger partial charge < -0.3 is 4.74 Å². The molecule has 1 unspecified atom stereocenters. The molecule has 0 amide bonds. The molecule has 0 bridgehead atoms. The van der Waals surface area contributed by atoms with Crippen LogP contribution in [0, 0.1) is 0 Å². The monoisotopic (exact) mass is 270 g/mol. The molecule has 1 aliphatic heterocycles. The first-order valence-corrected chi connectivity index (χ1v) is 5.72. The Kier molecular flexibility index (Phi) is 2.93. The zero-order valence-corrected chi connectivity index (χ0v) is 9.55. The van der Waals surface area contributed by atoms with Gasteiger partial charge in [0, 0.05) is 11.0 Å². The predicted molar refractivity (Wildman–Crippen MR) is 59.2 cm³/mol. The largest absolute Gasteiger partial charge is 0.442 e. The standard InChI is InChI=1S/C10H7BrO2S/c11-8-6-9(12)13-10(8)14-7-4-2-1-3-5-7/h1-6,10H. The molecular formula is C10H7BrO2S. The highest BCUT2D eigenvalue weighted by Crippen LogP contribution is 2.34. The van der Waals surface area contributed by atoms with E-state index in [1.165, 1.54) is 17.8 Å². The fraction of sp³-hybridized carbons (Fsp3) is 0.100. The van der Waals surface area contributed by atoms with Crippen LogP contribution in [0.4, 0.5) is 0 Å². The topological polar surface area (TPSA) is 26.3 Å². The summed E-state index contributed by atoms with van der Waals surface area (Å²) in [6, 6.07) is 9.83. The van der Waals surface area contributed by atoms with Crippen molar-refractivity contribution >= 4 is 33.7 Å². The smallest absolute Gasteiger partial charge is 0.333 e. The summed E-state index contributed by atoms with van der Waals surface area (Å²) in [6.45, 7) is 0. The highest BCUT2D eigenvalue weighted by atomic mass is 79.9. The minimum Gasteiger partial charge on any atom is -0.442 e. The summed E-state index contributed by atoms with van der Waals surface area (Å²) in [5.74, 6) is -0.287. The molecule has 4 heteroatoms. The molecule has 1 atom stereocenters. The van der Waals surface area contributed by atoms with E-state index in [1.807, 2.05) is 30.3 Å². The van der Waals surface area contributed by atoms with E-state index in [0.29, 0.717) is 0 Å². The van der Waals surface area contributed by atoms with Crippen molar-refractivity contribution in [3.8, 4) is 0 Å². The lowest BCUT2D eigenvalue weighted by Gasteiger charge is -2.09. The van der Waals surface area contributed by atoms with Gasteiger partial charge in [0.1, 0.15) is 0 Å². The van der Waals surface area contributed by atoms with Crippen LogP contribution in [-0.2, 0) is 9.53 Å². The molecule has 2 nitrogen and oxygen atoms in total. The molecule has 0 aromatic heterocycles. The normalized spacial score (nSPS) is 20.5. The number of benzene rings is 1. The van der Waals surface area contributed by atoms with Gasteiger partial charge in [-0.3, -0.25) is 0 Å². The van der Waals surface area contributed by atoms with Crippen LogP contribution in [0.15, 0.2) is 45.8 Å². The number of carbonyl (C=O) groups excluding carboxylic acids is 1. The number of cyclic esters (lactones) is 1. The lowest BCUT2D eigenvalue weighted by atomic mass is 10.4. The molecule has 1 heterocycles. The van der Waals surface area contributed by atoms with Crippen LogP contribution in [0.3, 0.4) is 0 Å². The Morgan fingerprint density at radius 1 is 1.29 bits per heavy atom. The number of esters is 1. The molecule has 14 heavy (non-hydrogen) atoms. The number of halogens is 1. The van der Waals surface area contributed by atoms with Crippen LogP contribution in [0.25, 0.3) is 0 Å². The summed E-state index contributed by atoms with van der Waals surface area (Å²) >= 11 is 4.80. The van der Waals surface area contributed by atoms with Crippen LogP contribution >= 0.6 is 27.7 Å². The quantitative estimate of drug-likeness (QED) is 0.773. The Morgan fingerprint density at radius 3 is 2.57 bits per heavy atom. The third kappa shape index (κ3) is 2.19. The van der Waals surface area contributed by atoms with Crippen LogP contribution < -0.4 is 0 Å². The van der Waals surface area contributed by atoms with Crippen molar-refractivity contribution in [2.24, 2.45) is 0 Å². The van der Waals surface area contributed by atoms with Gasteiger partial charge in [0.05, 0.1) is 4.48 Å². The molecule has 0 fully saturated rings. The molecule has 0 radical (unpaired) electrons. The maximum absolute atomic E-state index is 10.9. The van der Waals surface area contributed by atoms with Crippen LogP contribution in [0.1, 0.15) is 0 Å². The molecule has 72 valence electrons. The lowest BCUT2D eigenvalue weighted by molar-refractivity contribution is -0.135. The minimum atomic E-state index is -0.287. The molecule has 2 rings (SSSR count). The summed E-state index contributed by atoms with van der Waals surface area (Å²) in [5.41, 5.74) is -0.232. The van der Waals surface area contributed by atoms with Crippen LogP contribution in [0.5, 0.6) is 0 Å². The Labute approximate surface area is 94.5 Å². The van der Waals surface area contributed by atoms with E-state index in [0.717, 1.165) is 9.38 Å². The maximum Gasteiger partial charge on any atom is 0.333 e. The number of hydrogen-bond acceptors (Lipinski definition) is 3. The first kappa shape index (κ1) is 9.80. The SMILES string of the molecule is O=C1C=C(Br)C(Sc2ccccc2)O1. The van der Waals surface area contributed by atoms with Gasteiger partial charge in [0.25, 0.3) is 0 Å². The Hall–Kier alpha value is -0.740. The average molecular weight is 271 g/mol. The zero-order chi connectivity index (χ0) is 9.97. The minimum absolute atomic E-state index is 0.232. The molecule has 0 N–H and O–H groups in total. The molecule has 0 saturated heterocycles. The van der Waals surface area contributed by atoms with E-state index in [1.54, 1.807) is 0 Å². The van der Waals surface area contributed by atoms with Crippen molar-refractivity contribution in [3.63, 3.8) is 0 Å². The van der Waals surface area contributed by atoms with Crippen molar-refractivity contribution < 1.29 is 9.53 Å². The van der Waals surface area contributed by atoms with Crippen molar-refractivity contribution in [1.82, 2.24) is 0 Å². The van der Waals surface area contributed by atoms with E-state index in [9.17, 15) is 4.79 Å². The second-order valence-corrected chi connectivity index (χ2v) is 4.78. The number of rotatable bonds is 2. The molecule has 1 aromatic carbocycles. The number of ether oxygens (including phenoxy) is 1. The summed E-state index contributed by atoms with van der Waals surface area (Å²) < 4.78 is 5.85. The van der Waals surface area contributed by atoms with Gasteiger partial charge in [-0.25, -0.2) is 4.79 Å². The highest BCUT2D eigenvalue weighted by molar-refractivity contribution is 9.11. The van der Waals surface area contributed by atoms with Gasteiger partial charge in [-0.05, 0) is 12.1 Å². The Balaban J connectivity index is 2.07. The Morgan fingerprint density at radius 2 is 2.00 bits per heavy atom. The summed E-state index contributed by atoms with van der Waals surface area (Å²) in [6.07, 6.45) is 1.46. The molecule has 0 aliphatic carbocycles. The van der Waals surface area contributed by atoms with E-state index in [-0.39, 0.29) is 11.4 Å². The second-order valence-electron chi connectivity index (χ2n) is 2.73. The van der Waals surface area contributed by atoms with E-state index in [2.05, 4.69) is 15.9 Å². The van der Waals surface area contributed by atoms with Gasteiger partial charge in [0.15, 0.2) is 5.44 Å². The molecule has 0 saturated carbocycles. The van der Waals surface area contributed by atoms with Gasteiger partial charge in [-0.1, -0.05) is 45.9 Å². The van der Waals surface area contributed by atoms with Gasteiger partial charge >= 0.3 is 5.97 Å². The number of carbonyl (C=O) groups is 1. The molecule has 1 aromatic rings. The first-order valence-electron chi connectivity index (χ1n) is 4.05. The van der Waals surface area contributed by atoms with Crippen LogP contribution in [-0.4, -0.2) is 11.4 Å². The Bertz CT molecular complexity index is 375.